The van der Waals surface area contributed by atoms with Gasteiger partial charge in [-0.2, -0.15) is 0 Å². The Kier molecular flexibility index (Phi) is 14.1. The highest BCUT2D eigenvalue weighted by atomic mass is 19.3. The fraction of sp³-hybridized carbons (Fsp3) is 0.550. The van der Waals surface area contributed by atoms with Gasteiger partial charge in [0.15, 0.2) is 5.69 Å². The molecule has 1 rings (SSSR count). The average molecular weight is 418 g/mol. The standard InChI is InChI=1S/C16H20F2N2O5.2C2H6/c1-5-6-7-24-13-9(12(17)18)8-10(11(20-13)14(21)22)19-15(23)25-16(2,3)4;2*1-2/h5,8,12H,1,6-7H2,2-4H3,(H,19,23)(H,21,22);2*1-2H3. The first kappa shape index (κ1) is 28.5. The monoisotopic (exact) mass is 418 g/mol. The van der Waals surface area contributed by atoms with Crippen LogP contribution in [0.15, 0.2) is 18.7 Å². The number of carboxylic acid groups (broad SMARTS) is 1. The maximum absolute atomic E-state index is 13.2. The van der Waals surface area contributed by atoms with Crippen molar-refractivity contribution in [2.75, 3.05) is 11.9 Å². The van der Waals surface area contributed by atoms with Gasteiger partial charge in [-0.1, -0.05) is 33.8 Å². The summed E-state index contributed by atoms with van der Waals surface area (Å²) < 4.78 is 36.5. The van der Waals surface area contributed by atoms with E-state index in [-0.39, 0.29) is 6.61 Å². The zero-order chi connectivity index (χ0) is 23.2. The molecular formula is C20H32F2N2O5. The summed E-state index contributed by atoms with van der Waals surface area (Å²) in [7, 11) is 0. The van der Waals surface area contributed by atoms with Gasteiger partial charge in [0, 0.05) is 0 Å². The van der Waals surface area contributed by atoms with Gasteiger partial charge in [-0.15, -0.1) is 6.58 Å². The third-order valence-electron chi connectivity index (χ3n) is 2.65. The number of amides is 1. The van der Waals surface area contributed by atoms with Gasteiger partial charge in [-0.3, -0.25) is 5.32 Å². The molecule has 0 aliphatic rings. The number of anilines is 1. The Hall–Kier alpha value is -2.71. The molecule has 1 aromatic heterocycles. The maximum atomic E-state index is 13.2. The molecule has 0 aliphatic heterocycles. The SMILES string of the molecule is C=CCCOc1nc(C(=O)O)c(NC(=O)OC(C)(C)C)cc1C(F)F.CC.CC. The average Bonchev–Trinajstić information content (AvgIpc) is 2.64. The van der Waals surface area contributed by atoms with Gasteiger partial charge >= 0.3 is 12.1 Å². The highest BCUT2D eigenvalue weighted by Gasteiger charge is 2.25. The molecule has 0 fully saturated rings. The number of carboxylic acids is 1. The summed E-state index contributed by atoms with van der Waals surface area (Å²) in [6.45, 7) is 16.3. The minimum Gasteiger partial charge on any atom is -0.477 e. The Morgan fingerprint density at radius 2 is 1.83 bits per heavy atom. The molecule has 0 radical (unpaired) electrons. The molecule has 1 aromatic rings. The van der Waals surface area contributed by atoms with E-state index < -0.39 is 46.9 Å². The number of hydrogen-bond acceptors (Lipinski definition) is 5. The van der Waals surface area contributed by atoms with E-state index in [2.05, 4.69) is 16.9 Å². The minimum absolute atomic E-state index is 0.00806. The van der Waals surface area contributed by atoms with Crippen LogP contribution in [0.5, 0.6) is 5.88 Å². The number of aromatic carboxylic acids is 1. The van der Waals surface area contributed by atoms with Crippen molar-refractivity contribution in [3.8, 4) is 5.88 Å². The first-order valence-corrected chi connectivity index (χ1v) is 9.35. The number of nitrogens with one attached hydrogen (secondary N) is 1. The summed E-state index contributed by atoms with van der Waals surface area (Å²) >= 11 is 0. The molecule has 0 saturated carbocycles. The van der Waals surface area contributed by atoms with Gasteiger partial charge in [-0.25, -0.2) is 23.4 Å². The number of pyridine rings is 1. The number of ether oxygens (including phenoxy) is 2. The lowest BCUT2D eigenvalue weighted by atomic mass is 10.2. The van der Waals surface area contributed by atoms with E-state index in [1.54, 1.807) is 20.8 Å². The molecule has 0 spiro atoms. The number of rotatable bonds is 7. The lowest BCUT2D eigenvalue weighted by Crippen LogP contribution is -2.28. The quantitative estimate of drug-likeness (QED) is 0.412. The number of carbonyl (C=O) groups excluding carboxylic acids is 1. The second kappa shape index (κ2) is 14.3. The molecule has 0 unspecified atom stereocenters. The summed E-state index contributed by atoms with van der Waals surface area (Å²) in [6.07, 6.45) is -2.09. The first-order chi connectivity index (χ1) is 13.5. The van der Waals surface area contributed by atoms with E-state index in [1.165, 1.54) is 6.08 Å². The number of alkyl halides is 2. The van der Waals surface area contributed by atoms with Gasteiger partial charge in [0.2, 0.25) is 5.88 Å². The highest BCUT2D eigenvalue weighted by molar-refractivity contribution is 5.97. The number of nitrogens with zero attached hydrogens (tertiary/aromatic N) is 1. The van der Waals surface area contributed by atoms with Crippen LogP contribution in [0.1, 0.15) is 77.4 Å². The molecule has 1 amide bonds. The zero-order valence-corrected chi connectivity index (χ0v) is 18.1. The van der Waals surface area contributed by atoms with Crippen LogP contribution in [-0.2, 0) is 4.74 Å². The fourth-order valence-electron chi connectivity index (χ4n) is 1.69. The minimum atomic E-state index is -2.98. The van der Waals surface area contributed by atoms with Crippen molar-refractivity contribution in [1.82, 2.24) is 4.98 Å². The second-order valence-corrected chi connectivity index (χ2v) is 5.94. The summed E-state index contributed by atoms with van der Waals surface area (Å²) in [5, 5.41) is 11.4. The predicted molar refractivity (Wildman–Crippen MR) is 109 cm³/mol. The van der Waals surface area contributed by atoms with Crippen LogP contribution in [0.4, 0.5) is 19.3 Å². The lowest BCUT2D eigenvalue weighted by molar-refractivity contribution is 0.0635. The number of carbonyl (C=O) groups is 2. The second-order valence-electron chi connectivity index (χ2n) is 5.94. The third-order valence-corrected chi connectivity index (χ3v) is 2.65. The van der Waals surface area contributed by atoms with Crippen molar-refractivity contribution < 1.29 is 33.0 Å². The largest absolute Gasteiger partial charge is 0.477 e. The van der Waals surface area contributed by atoms with Crippen molar-refractivity contribution in [3.63, 3.8) is 0 Å². The van der Waals surface area contributed by atoms with E-state index in [4.69, 9.17) is 9.47 Å². The molecule has 1 heterocycles. The van der Waals surface area contributed by atoms with Crippen molar-refractivity contribution in [1.29, 1.82) is 0 Å². The van der Waals surface area contributed by atoms with Crippen LogP contribution < -0.4 is 10.1 Å². The van der Waals surface area contributed by atoms with E-state index in [0.29, 0.717) is 6.42 Å². The van der Waals surface area contributed by atoms with E-state index >= 15 is 0 Å². The highest BCUT2D eigenvalue weighted by Crippen LogP contribution is 2.32. The summed E-state index contributed by atoms with van der Waals surface area (Å²) in [5.74, 6) is -2.02. The topological polar surface area (TPSA) is 97.8 Å². The molecule has 0 aliphatic carbocycles. The number of aromatic nitrogens is 1. The van der Waals surface area contributed by atoms with E-state index in [1.807, 2.05) is 27.7 Å². The molecule has 7 nitrogen and oxygen atoms in total. The van der Waals surface area contributed by atoms with Crippen molar-refractivity contribution in [3.05, 3.63) is 30.0 Å². The smallest absolute Gasteiger partial charge is 0.412 e. The Bertz CT molecular complexity index is 659. The molecular weight excluding hydrogens is 386 g/mol. The Morgan fingerprint density at radius 1 is 1.28 bits per heavy atom. The number of halogens is 2. The van der Waals surface area contributed by atoms with Crippen molar-refractivity contribution >= 4 is 17.7 Å². The molecule has 9 heteroatoms. The van der Waals surface area contributed by atoms with Gasteiger partial charge in [-0.05, 0) is 33.3 Å². The van der Waals surface area contributed by atoms with Crippen LogP contribution >= 0.6 is 0 Å². The van der Waals surface area contributed by atoms with Crippen LogP contribution in [0.2, 0.25) is 0 Å². The predicted octanol–water partition coefficient (Wildman–Crippen LogP) is 6.07. The molecule has 2 N–H and O–H groups in total. The zero-order valence-electron chi connectivity index (χ0n) is 18.1. The van der Waals surface area contributed by atoms with Crippen LogP contribution in [-0.4, -0.2) is 34.4 Å². The first-order valence-electron chi connectivity index (χ1n) is 9.35. The Labute approximate surface area is 171 Å². The van der Waals surface area contributed by atoms with Crippen LogP contribution in [0.25, 0.3) is 0 Å². The fourth-order valence-corrected chi connectivity index (χ4v) is 1.69. The Balaban J connectivity index is 0. The summed E-state index contributed by atoms with van der Waals surface area (Å²) in [4.78, 5) is 26.7. The van der Waals surface area contributed by atoms with Crippen molar-refractivity contribution in [2.45, 2.75) is 66.9 Å². The van der Waals surface area contributed by atoms with Gasteiger partial charge in [0.25, 0.3) is 6.43 Å². The molecule has 166 valence electrons. The van der Waals surface area contributed by atoms with Gasteiger partial charge < -0.3 is 14.6 Å². The van der Waals surface area contributed by atoms with E-state index in [0.717, 1.165) is 6.07 Å². The van der Waals surface area contributed by atoms with Gasteiger partial charge in [0.05, 0.1) is 17.9 Å². The van der Waals surface area contributed by atoms with Crippen LogP contribution in [0, 0.1) is 0 Å². The van der Waals surface area contributed by atoms with Gasteiger partial charge in [0.1, 0.15) is 5.60 Å². The molecule has 0 bridgehead atoms. The third kappa shape index (κ3) is 11.0. The Morgan fingerprint density at radius 3 is 2.24 bits per heavy atom. The molecule has 0 aromatic carbocycles. The molecule has 0 saturated heterocycles. The lowest BCUT2D eigenvalue weighted by Gasteiger charge is -2.20. The molecule has 29 heavy (non-hydrogen) atoms. The summed E-state index contributed by atoms with van der Waals surface area (Å²) in [6, 6.07) is 0.814. The van der Waals surface area contributed by atoms with Crippen LogP contribution in [0.3, 0.4) is 0 Å². The van der Waals surface area contributed by atoms with Crippen molar-refractivity contribution in [2.24, 2.45) is 0 Å². The maximum Gasteiger partial charge on any atom is 0.412 e. The number of hydrogen-bond donors (Lipinski definition) is 2. The summed E-state index contributed by atoms with van der Waals surface area (Å²) in [5.41, 5.74) is -2.53. The van der Waals surface area contributed by atoms with E-state index in [9.17, 15) is 23.5 Å². The normalized spacial score (nSPS) is 10.0. The molecule has 0 atom stereocenters.